The number of hydrogen-bond donors (Lipinski definition) is 1. The number of rotatable bonds is 9. The Morgan fingerprint density at radius 3 is 2.34 bits per heavy atom. The molecule has 158 valence electrons. The molecule has 8 heteroatoms. The van der Waals surface area contributed by atoms with Crippen LogP contribution in [0.3, 0.4) is 0 Å². The lowest BCUT2D eigenvalue weighted by molar-refractivity contribution is -0.123. The summed E-state index contributed by atoms with van der Waals surface area (Å²) in [5, 5.41) is 2.76. The van der Waals surface area contributed by atoms with E-state index >= 15 is 0 Å². The summed E-state index contributed by atoms with van der Waals surface area (Å²) in [6, 6.07) is 11.6. The van der Waals surface area contributed by atoms with E-state index in [1.807, 2.05) is 31.2 Å². The van der Waals surface area contributed by atoms with Gasteiger partial charge in [-0.2, -0.15) is 0 Å². The molecule has 0 aliphatic rings. The molecule has 1 N–H and O–H groups in total. The molecule has 0 bridgehead atoms. The van der Waals surface area contributed by atoms with Crippen LogP contribution in [-0.4, -0.2) is 39.3 Å². The first kappa shape index (κ1) is 22.7. The highest BCUT2D eigenvalue weighted by Crippen LogP contribution is 2.25. The van der Waals surface area contributed by atoms with Crippen molar-refractivity contribution in [1.82, 2.24) is 5.32 Å². The third kappa shape index (κ3) is 6.19. The van der Waals surface area contributed by atoms with Crippen LogP contribution in [0.4, 0.5) is 10.1 Å². The predicted octanol–water partition coefficient (Wildman–Crippen LogP) is 3.26. The quantitative estimate of drug-likeness (QED) is 0.673. The van der Waals surface area contributed by atoms with Crippen molar-refractivity contribution in [2.45, 2.75) is 39.3 Å². The van der Waals surface area contributed by atoms with Gasteiger partial charge in [-0.25, -0.2) is 12.8 Å². The molecule has 1 amide bonds. The van der Waals surface area contributed by atoms with Gasteiger partial charge in [-0.1, -0.05) is 36.8 Å². The van der Waals surface area contributed by atoms with Crippen molar-refractivity contribution in [3.05, 3.63) is 59.9 Å². The first-order chi connectivity index (χ1) is 13.6. The molecule has 0 fully saturated rings. The van der Waals surface area contributed by atoms with Crippen LogP contribution in [0, 0.1) is 12.7 Å². The molecule has 2 atom stereocenters. The van der Waals surface area contributed by atoms with E-state index in [0.29, 0.717) is 5.75 Å². The number of nitrogens with zero attached hydrogens (tertiary/aromatic N) is 1. The van der Waals surface area contributed by atoms with Gasteiger partial charge in [0.15, 0.2) is 0 Å². The summed E-state index contributed by atoms with van der Waals surface area (Å²) in [6.07, 6.45) is 1.14. The fourth-order valence-corrected chi connectivity index (χ4v) is 4.11. The minimum atomic E-state index is -3.89. The number of hydrogen-bond acceptors (Lipinski definition) is 4. The lowest BCUT2D eigenvalue weighted by Gasteiger charge is -2.31. The van der Waals surface area contributed by atoms with Gasteiger partial charge < -0.3 is 10.1 Å². The summed E-state index contributed by atoms with van der Waals surface area (Å²) in [5.41, 5.74) is 0.957. The number of benzene rings is 2. The van der Waals surface area contributed by atoms with Gasteiger partial charge in [-0.05, 0) is 44.5 Å². The van der Waals surface area contributed by atoms with E-state index in [4.69, 9.17) is 4.74 Å². The Bertz CT molecular complexity index is 932. The zero-order chi connectivity index (χ0) is 21.6. The Kier molecular flexibility index (Phi) is 7.61. The second-order valence-electron chi connectivity index (χ2n) is 6.97. The SMILES string of the molecule is CC[C@@H](C(=O)N[C@H](C)COc1ccc(C)cc1)N(c1ccccc1F)S(C)(=O)=O. The maximum Gasteiger partial charge on any atom is 0.244 e. The van der Waals surface area contributed by atoms with E-state index in [1.54, 1.807) is 13.8 Å². The number of carbonyl (C=O) groups excluding carboxylic acids is 1. The van der Waals surface area contributed by atoms with Crippen molar-refractivity contribution in [3.63, 3.8) is 0 Å². The summed E-state index contributed by atoms with van der Waals surface area (Å²) in [5.74, 6) is -0.547. The van der Waals surface area contributed by atoms with Crippen molar-refractivity contribution >= 4 is 21.6 Å². The fraction of sp³-hybridized carbons (Fsp3) is 0.381. The third-order valence-electron chi connectivity index (χ3n) is 4.33. The van der Waals surface area contributed by atoms with Gasteiger partial charge in [0.1, 0.15) is 24.2 Å². The van der Waals surface area contributed by atoms with Crippen LogP contribution in [0.25, 0.3) is 0 Å². The molecule has 0 aliphatic carbocycles. The molecule has 0 unspecified atom stereocenters. The highest BCUT2D eigenvalue weighted by atomic mass is 32.2. The largest absolute Gasteiger partial charge is 0.491 e. The summed E-state index contributed by atoms with van der Waals surface area (Å²) < 4.78 is 45.5. The van der Waals surface area contributed by atoms with Gasteiger partial charge in [0.2, 0.25) is 15.9 Å². The molecule has 0 saturated heterocycles. The number of sulfonamides is 1. The minimum absolute atomic E-state index is 0.152. The van der Waals surface area contributed by atoms with E-state index in [9.17, 15) is 17.6 Å². The number of halogens is 1. The van der Waals surface area contributed by atoms with Crippen LogP contribution in [0.2, 0.25) is 0 Å². The molecule has 2 rings (SSSR count). The molecular weight excluding hydrogens is 395 g/mol. The topological polar surface area (TPSA) is 75.7 Å². The second-order valence-corrected chi connectivity index (χ2v) is 8.83. The minimum Gasteiger partial charge on any atom is -0.491 e. The van der Waals surface area contributed by atoms with Crippen LogP contribution in [0.15, 0.2) is 48.5 Å². The summed E-state index contributed by atoms with van der Waals surface area (Å²) in [6.45, 7) is 5.62. The van der Waals surface area contributed by atoms with E-state index in [-0.39, 0.29) is 24.8 Å². The van der Waals surface area contributed by atoms with Crippen molar-refractivity contribution in [1.29, 1.82) is 0 Å². The standard InChI is InChI=1S/C21H27FN2O4S/c1-5-19(24(29(4,26)27)20-9-7-6-8-18(20)22)21(25)23-16(3)14-28-17-12-10-15(2)11-13-17/h6-13,16,19H,5,14H2,1-4H3,(H,23,25)/t16-,19+/m1/s1. The normalized spacial score (nSPS) is 13.4. The Hall–Kier alpha value is -2.61. The maximum absolute atomic E-state index is 14.3. The van der Waals surface area contributed by atoms with E-state index in [0.717, 1.165) is 22.2 Å². The molecular formula is C21H27FN2O4S. The van der Waals surface area contributed by atoms with E-state index in [1.165, 1.54) is 18.2 Å². The van der Waals surface area contributed by atoms with Gasteiger partial charge in [0.25, 0.3) is 0 Å². The number of amides is 1. The molecule has 6 nitrogen and oxygen atoms in total. The highest BCUT2D eigenvalue weighted by Gasteiger charge is 2.33. The van der Waals surface area contributed by atoms with Crippen molar-refractivity contribution in [2.24, 2.45) is 0 Å². The predicted molar refractivity (Wildman–Crippen MR) is 112 cm³/mol. The second kappa shape index (κ2) is 9.73. The summed E-state index contributed by atoms with van der Waals surface area (Å²) in [4.78, 5) is 12.8. The Morgan fingerprint density at radius 1 is 1.17 bits per heavy atom. The van der Waals surface area contributed by atoms with Gasteiger partial charge in [-0.3, -0.25) is 9.10 Å². The Morgan fingerprint density at radius 2 is 1.79 bits per heavy atom. The number of nitrogens with one attached hydrogen (secondary N) is 1. The van der Waals surface area contributed by atoms with Gasteiger partial charge in [0, 0.05) is 0 Å². The van der Waals surface area contributed by atoms with Crippen LogP contribution in [-0.2, 0) is 14.8 Å². The molecule has 0 heterocycles. The van der Waals surface area contributed by atoms with Crippen LogP contribution >= 0.6 is 0 Å². The average molecular weight is 423 g/mol. The third-order valence-corrected chi connectivity index (χ3v) is 5.50. The molecule has 0 aliphatic heterocycles. The van der Waals surface area contributed by atoms with Gasteiger partial charge in [-0.15, -0.1) is 0 Å². The van der Waals surface area contributed by atoms with E-state index < -0.39 is 27.8 Å². The summed E-state index contributed by atoms with van der Waals surface area (Å²) >= 11 is 0. The van der Waals surface area contributed by atoms with Crippen LogP contribution < -0.4 is 14.4 Å². The monoisotopic (exact) mass is 422 g/mol. The zero-order valence-corrected chi connectivity index (χ0v) is 17.9. The zero-order valence-electron chi connectivity index (χ0n) is 17.1. The first-order valence-electron chi connectivity index (χ1n) is 9.37. The molecule has 0 radical (unpaired) electrons. The van der Waals surface area contributed by atoms with Crippen molar-refractivity contribution in [3.8, 4) is 5.75 Å². The molecule has 0 aromatic heterocycles. The number of anilines is 1. The highest BCUT2D eigenvalue weighted by molar-refractivity contribution is 7.92. The van der Waals surface area contributed by atoms with E-state index in [2.05, 4.69) is 5.32 Å². The maximum atomic E-state index is 14.3. The average Bonchev–Trinajstić information content (AvgIpc) is 2.65. The number of aryl methyl sites for hydroxylation is 1. The van der Waals surface area contributed by atoms with Gasteiger partial charge >= 0.3 is 0 Å². The van der Waals surface area contributed by atoms with Gasteiger partial charge in [0.05, 0.1) is 18.0 Å². The lowest BCUT2D eigenvalue weighted by Crippen LogP contribution is -2.52. The van der Waals surface area contributed by atoms with Crippen molar-refractivity contribution in [2.75, 3.05) is 17.2 Å². The number of ether oxygens (including phenoxy) is 1. The first-order valence-corrected chi connectivity index (χ1v) is 11.2. The molecule has 29 heavy (non-hydrogen) atoms. The number of carbonyl (C=O) groups is 1. The smallest absolute Gasteiger partial charge is 0.244 e. The summed E-state index contributed by atoms with van der Waals surface area (Å²) in [7, 11) is -3.89. The molecule has 2 aromatic rings. The van der Waals surface area contributed by atoms with Crippen LogP contribution in [0.5, 0.6) is 5.75 Å². The molecule has 0 saturated carbocycles. The fourth-order valence-electron chi connectivity index (χ4n) is 2.90. The molecule has 2 aromatic carbocycles. The number of para-hydroxylation sites is 1. The molecule has 0 spiro atoms. The Labute approximate surface area is 171 Å². The van der Waals surface area contributed by atoms with Crippen LogP contribution in [0.1, 0.15) is 25.8 Å². The Balaban J connectivity index is 2.12. The van der Waals surface area contributed by atoms with Crippen molar-refractivity contribution < 1.29 is 22.3 Å². The lowest BCUT2D eigenvalue weighted by atomic mass is 10.1.